The van der Waals surface area contributed by atoms with E-state index in [0.29, 0.717) is 11.1 Å². The first kappa shape index (κ1) is 15.2. The number of amides is 1. The van der Waals surface area contributed by atoms with Crippen LogP contribution in [-0.2, 0) is 0 Å². The van der Waals surface area contributed by atoms with E-state index >= 15 is 0 Å². The molecular weight excluding hydrogens is 286 g/mol. The monoisotopic (exact) mass is 299 g/mol. The summed E-state index contributed by atoms with van der Waals surface area (Å²) in [7, 11) is 0. The first-order chi connectivity index (χ1) is 10.5. The summed E-state index contributed by atoms with van der Waals surface area (Å²) in [4.78, 5) is 21.8. The molecule has 7 heteroatoms. The lowest BCUT2D eigenvalue weighted by molar-refractivity contribution is -0.384. The van der Waals surface area contributed by atoms with Crippen LogP contribution >= 0.6 is 0 Å². The number of nitro groups is 1. The lowest BCUT2D eigenvalue weighted by atomic mass is 10.1. The second kappa shape index (κ2) is 6.49. The number of hydrazone groups is 1. The fourth-order valence-electron chi connectivity index (χ4n) is 1.75. The first-order valence-electron chi connectivity index (χ1n) is 6.35. The second-order valence-corrected chi connectivity index (χ2v) is 4.52. The molecule has 0 saturated heterocycles. The Balaban J connectivity index is 2.04. The van der Waals surface area contributed by atoms with Gasteiger partial charge < -0.3 is 5.11 Å². The molecule has 0 bridgehead atoms. The van der Waals surface area contributed by atoms with E-state index in [0.717, 1.165) is 0 Å². The molecule has 0 radical (unpaired) electrons. The van der Waals surface area contributed by atoms with Crippen LogP contribution in [0.15, 0.2) is 47.6 Å². The Kier molecular flexibility index (Phi) is 4.47. The molecule has 0 unspecified atom stereocenters. The van der Waals surface area contributed by atoms with E-state index in [1.807, 2.05) is 0 Å². The number of aromatic hydroxyl groups is 1. The standard InChI is InChI=1S/C15H13N3O4/c1-10-3-2-4-12(14(10)19)9-16-17-15(20)11-5-7-13(8-6-11)18(21)22/h2-9,19H,1H3,(H,17,20). The number of nitro benzene ring substituents is 1. The van der Waals surface area contributed by atoms with E-state index in [4.69, 9.17) is 0 Å². The molecule has 2 N–H and O–H groups in total. The van der Waals surface area contributed by atoms with E-state index in [2.05, 4.69) is 10.5 Å². The van der Waals surface area contributed by atoms with Crippen molar-refractivity contribution in [3.8, 4) is 5.75 Å². The van der Waals surface area contributed by atoms with Crippen LogP contribution < -0.4 is 5.43 Å². The molecule has 0 atom stereocenters. The largest absolute Gasteiger partial charge is 0.507 e. The first-order valence-corrected chi connectivity index (χ1v) is 6.35. The number of rotatable bonds is 4. The Morgan fingerprint density at radius 3 is 2.59 bits per heavy atom. The summed E-state index contributed by atoms with van der Waals surface area (Å²) >= 11 is 0. The van der Waals surface area contributed by atoms with Gasteiger partial charge in [-0.3, -0.25) is 14.9 Å². The molecule has 2 aromatic carbocycles. The number of non-ortho nitro benzene ring substituents is 1. The fraction of sp³-hybridized carbons (Fsp3) is 0.0667. The third kappa shape index (κ3) is 3.45. The van der Waals surface area contributed by atoms with Crippen LogP contribution in [0.25, 0.3) is 0 Å². The van der Waals surface area contributed by atoms with Gasteiger partial charge in [-0.25, -0.2) is 5.43 Å². The minimum atomic E-state index is -0.541. The number of phenolic OH excluding ortho intramolecular Hbond substituents is 1. The number of nitrogens with zero attached hydrogens (tertiary/aromatic N) is 2. The molecule has 2 aromatic rings. The van der Waals surface area contributed by atoms with Crippen molar-refractivity contribution in [2.45, 2.75) is 6.92 Å². The van der Waals surface area contributed by atoms with Gasteiger partial charge in [0.05, 0.1) is 11.1 Å². The van der Waals surface area contributed by atoms with Crippen molar-refractivity contribution >= 4 is 17.8 Å². The van der Waals surface area contributed by atoms with Crippen molar-refractivity contribution in [2.24, 2.45) is 5.10 Å². The number of hydrogen-bond donors (Lipinski definition) is 2. The Bertz CT molecular complexity index is 739. The Morgan fingerprint density at radius 1 is 1.27 bits per heavy atom. The maximum atomic E-state index is 11.8. The highest BCUT2D eigenvalue weighted by Crippen LogP contribution is 2.19. The molecule has 2 rings (SSSR count). The molecule has 22 heavy (non-hydrogen) atoms. The maximum Gasteiger partial charge on any atom is 0.271 e. The minimum absolute atomic E-state index is 0.0928. The average Bonchev–Trinajstić information content (AvgIpc) is 2.51. The molecule has 1 amide bonds. The van der Waals surface area contributed by atoms with Gasteiger partial charge in [0.25, 0.3) is 11.6 Å². The van der Waals surface area contributed by atoms with Crippen LogP contribution in [0.2, 0.25) is 0 Å². The van der Waals surface area contributed by atoms with Crippen LogP contribution in [0.4, 0.5) is 5.69 Å². The SMILES string of the molecule is Cc1cccc(C=NNC(=O)c2ccc([N+](=O)[O-])cc2)c1O. The lowest BCUT2D eigenvalue weighted by Gasteiger charge is -2.02. The second-order valence-electron chi connectivity index (χ2n) is 4.52. The predicted molar refractivity (Wildman–Crippen MR) is 81.0 cm³/mol. The van der Waals surface area contributed by atoms with E-state index in [-0.39, 0.29) is 17.0 Å². The molecule has 0 aromatic heterocycles. The number of hydrogen-bond acceptors (Lipinski definition) is 5. The predicted octanol–water partition coefficient (Wildman–Crippen LogP) is 2.37. The quantitative estimate of drug-likeness (QED) is 0.513. The van der Waals surface area contributed by atoms with Gasteiger partial charge in [-0.1, -0.05) is 12.1 Å². The van der Waals surface area contributed by atoms with Crippen molar-refractivity contribution < 1.29 is 14.8 Å². The van der Waals surface area contributed by atoms with E-state index < -0.39 is 10.8 Å². The zero-order chi connectivity index (χ0) is 16.1. The van der Waals surface area contributed by atoms with Crippen LogP contribution in [0.5, 0.6) is 5.75 Å². The van der Waals surface area contributed by atoms with E-state index in [1.165, 1.54) is 30.5 Å². The van der Waals surface area contributed by atoms with Crippen molar-refractivity contribution in [2.75, 3.05) is 0 Å². The van der Waals surface area contributed by atoms with Crippen LogP contribution in [0.1, 0.15) is 21.5 Å². The zero-order valence-corrected chi connectivity index (χ0v) is 11.7. The van der Waals surface area contributed by atoms with Gasteiger partial charge in [-0.05, 0) is 30.7 Å². The highest BCUT2D eigenvalue weighted by atomic mass is 16.6. The number of benzene rings is 2. The fourth-order valence-corrected chi connectivity index (χ4v) is 1.75. The molecule has 0 aliphatic carbocycles. The van der Waals surface area contributed by atoms with E-state index in [9.17, 15) is 20.0 Å². The Labute approximate surface area is 126 Å². The van der Waals surface area contributed by atoms with E-state index in [1.54, 1.807) is 25.1 Å². The number of carbonyl (C=O) groups excluding carboxylic acids is 1. The van der Waals surface area contributed by atoms with Crippen LogP contribution in [0.3, 0.4) is 0 Å². The average molecular weight is 299 g/mol. The molecule has 0 aliphatic rings. The Morgan fingerprint density at radius 2 is 1.95 bits per heavy atom. The topological polar surface area (TPSA) is 105 Å². The summed E-state index contributed by atoms with van der Waals surface area (Å²) < 4.78 is 0. The summed E-state index contributed by atoms with van der Waals surface area (Å²) in [5, 5.41) is 24.1. The summed E-state index contributed by atoms with van der Waals surface area (Å²) in [6, 6.07) is 10.3. The minimum Gasteiger partial charge on any atom is -0.507 e. The van der Waals surface area contributed by atoms with Crippen LogP contribution in [-0.4, -0.2) is 22.2 Å². The number of para-hydroxylation sites is 1. The van der Waals surface area contributed by atoms with Crippen molar-refractivity contribution in [1.29, 1.82) is 0 Å². The molecule has 0 saturated carbocycles. The van der Waals surface area contributed by atoms with Crippen molar-refractivity contribution in [3.05, 3.63) is 69.3 Å². The third-order valence-electron chi connectivity index (χ3n) is 2.98. The lowest BCUT2D eigenvalue weighted by Crippen LogP contribution is -2.17. The van der Waals surface area contributed by atoms with Crippen LogP contribution in [0, 0.1) is 17.0 Å². The molecule has 112 valence electrons. The maximum absolute atomic E-state index is 11.8. The normalized spacial score (nSPS) is 10.6. The van der Waals surface area contributed by atoms with Crippen molar-refractivity contribution in [3.63, 3.8) is 0 Å². The van der Waals surface area contributed by atoms with Crippen molar-refractivity contribution in [1.82, 2.24) is 5.43 Å². The molecule has 7 nitrogen and oxygen atoms in total. The highest BCUT2D eigenvalue weighted by molar-refractivity contribution is 5.95. The number of aryl methyl sites for hydroxylation is 1. The third-order valence-corrected chi connectivity index (χ3v) is 2.98. The Hall–Kier alpha value is -3.22. The number of phenols is 1. The highest BCUT2D eigenvalue weighted by Gasteiger charge is 2.08. The number of carbonyl (C=O) groups is 1. The summed E-state index contributed by atoms with van der Waals surface area (Å²) in [6.07, 6.45) is 1.33. The molecule has 0 fully saturated rings. The summed E-state index contributed by atoms with van der Waals surface area (Å²) in [5.41, 5.74) is 3.62. The van der Waals surface area contributed by atoms with Gasteiger partial charge in [-0.2, -0.15) is 5.10 Å². The smallest absolute Gasteiger partial charge is 0.271 e. The van der Waals surface area contributed by atoms with Gasteiger partial charge >= 0.3 is 0 Å². The van der Waals surface area contributed by atoms with Gasteiger partial charge in [0.15, 0.2) is 0 Å². The molecule has 0 heterocycles. The van der Waals surface area contributed by atoms with Gasteiger partial charge in [0, 0.05) is 23.3 Å². The summed E-state index contributed by atoms with van der Waals surface area (Å²) in [5.74, 6) is -0.408. The summed E-state index contributed by atoms with van der Waals surface area (Å²) in [6.45, 7) is 1.75. The van der Waals surface area contributed by atoms with Gasteiger partial charge in [-0.15, -0.1) is 0 Å². The van der Waals surface area contributed by atoms with Gasteiger partial charge in [0.1, 0.15) is 5.75 Å². The van der Waals surface area contributed by atoms with Gasteiger partial charge in [0.2, 0.25) is 0 Å². The molecule has 0 aliphatic heterocycles. The molecular formula is C15H13N3O4. The molecule has 0 spiro atoms. The number of nitrogens with one attached hydrogen (secondary N) is 1. The zero-order valence-electron chi connectivity index (χ0n) is 11.7.